The predicted octanol–water partition coefficient (Wildman–Crippen LogP) is 5.43. The van der Waals surface area contributed by atoms with Gasteiger partial charge in [0, 0.05) is 17.7 Å². The van der Waals surface area contributed by atoms with Crippen molar-refractivity contribution in [3.05, 3.63) is 106 Å². The fraction of sp³-hybridized carbons (Fsp3) is 0.265. The third-order valence-electron chi connectivity index (χ3n) is 7.42. The molecule has 3 aromatic carbocycles. The lowest BCUT2D eigenvalue weighted by Crippen LogP contribution is -2.39. The largest absolute Gasteiger partial charge is 0.493 e. The fourth-order valence-corrected chi connectivity index (χ4v) is 7.11. The van der Waals surface area contributed by atoms with E-state index in [-0.39, 0.29) is 17.8 Å². The number of Topliss-reactive ketones (excluding diaryl/α,β-unsaturated/α-hetero) is 1. The average molecular weight is 741 g/mol. The molecule has 45 heavy (non-hydrogen) atoms. The number of aromatic nitrogens is 1. The lowest BCUT2D eigenvalue weighted by Gasteiger charge is -2.26. The molecular formula is C34H33IN2O7S. The van der Waals surface area contributed by atoms with Crippen LogP contribution in [0.5, 0.6) is 28.7 Å². The van der Waals surface area contributed by atoms with Crippen molar-refractivity contribution in [3.8, 4) is 28.7 Å². The molecule has 0 aliphatic carbocycles. The number of ketones is 1. The second-order valence-corrected chi connectivity index (χ2v) is 12.3. The molecule has 1 aliphatic rings. The van der Waals surface area contributed by atoms with Crippen LogP contribution in [-0.2, 0) is 11.4 Å². The van der Waals surface area contributed by atoms with E-state index in [1.54, 1.807) is 37.7 Å². The van der Waals surface area contributed by atoms with Crippen LogP contribution in [-0.4, -0.2) is 38.8 Å². The summed E-state index contributed by atoms with van der Waals surface area (Å²) >= 11 is 3.47. The zero-order chi connectivity index (χ0) is 32.2. The van der Waals surface area contributed by atoms with Crippen molar-refractivity contribution in [1.82, 2.24) is 4.57 Å². The van der Waals surface area contributed by atoms with E-state index in [2.05, 4.69) is 22.6 Å². The molecule has 9 nitrogen and oxygen atoms in total. The van der Waals surface area contributed by atoms with Gasteiger partial charge in [0.05, 0.1) is 42.6 Å². The van der Waals surface area contributed by atoms with E-state index in [0.717, 1.165) is 14.7 Å². The van der Waals surface area contributed by atoms with Crippen LogP contribution in [0, 0.1) is 3.57 Å². The normalized spacial score (nSPS) is 14.5. The first-order chi connectivity index (χ1) is 21.7. The topological polar surface area (TPSA) is 97.6 Å². The quantitative estimate of drug-likeness (QED) is 0.189. The summed E-state index contributed by atoms with van der Waals surface area (Å²) in [5, 5.41) is 0. The van der Waals surface area contributed by atoms with Gasteiger partial charge in [-0.3, -0.25) is 14.2 Å². The Morgan fingerprint density at radius 2 is 1.60 bits per heavy atom. The fourth-order valence-electron chi connectivity index (χ4n) is 5.29. The van der Waals surface area contributed by atoms with Crippen molar-refractivity contribution in [1.29, 1.82) is 0 Å². The summed E-state index contributed by atoms with van der Waals surface area (Å²) in [6, 6.07) is 16.5. The summed E-state index contributed by atoms with van der Waals surface area (Å²) < 4.78 is 31.4. The zero-order valence-electron chi connectivity index (χ0n) is 25.8. The highest BCUT2D eigenvalue weighted by Gasteiger charge is 2.33. The summed E-state index contributed by atoms with van der Waals surface area (Å²) in [5.74, 6) is 2.33. The van der Waals surface area contributed by atoms with E-state index in [0.29, 0.717) is 61.5 Å². The maximum absolute atomic E-state index is 14.2. The van der Waals surface area contributed by atoms with Crippen molar-refractivity contribution in [2.24, 2.45) is 4.99 Å². The van der Waals surface area contributed by atoms with Crippen LogP contribution >= 0.6 is 33.9 Å². The Balaban J connectivity index is 1.64. The van der Waals surface area contributed by atoms with Gasteiger partial charge in [0.2, 0.25) is 5.75 Å². The molecule has 4 aromatic rings. The van der Waals surface area contributed by atoms with E-state index in [1.165, 1.54) is 32.7 Å². The van der Waals surface area contributed by atoms with Crippen LogP contribution in [0.3, 0.4) is 0 Å². The number of hydrogen-bond acceptors (Lipinski definition) is 9. The maximum atomic E-state index is 14.2. The number of nitrogens with zero attached hydrogens (tertiary/aromatic N) is 2. The molecule has 1 atom stereocenters. The minimum Gasteiger partial charge on any atom is -0.493 e. The molecule has 0 saturated carbocycles. The number of ether oxygens (including phenoxy) is 5. The van der Waals surface area contributed by atoms with Crippen LogP contribution < -0.4 is 38.6 Å². The van der Waals surface area contributed by atoms with Gasteiger partial charge in [0.25, 0.3) is 5.56 Å². The zero-order valence-corrected chi connectivity index (χ0v) is 28.8. The Morgan fingerprint density at radius 1 is 0.956 bits per heavy atom. The lowest BCUT2D eigenvalue weighted by molar-refractivity contribution is -0.115. The van der Waals surface area contributed by atoms with Crippen molar-refractivity contribution in [2.45, 2.75) is 32.9 Å². The molecule has 1 aliphatic heterocycles. The SMILES string of the molecule is CCC(=O)C1=C(C)N=c2s/c(=C\c3cc(I)c(OCc4ccccc4)c(OC)c3)c(=O)n2C1c1cc(OC)c(OC)c(OC)c1. The van der Waals surface area contributed by atoms with Crippen LogP contribution in [0.2, 0.25) is 0 Å². The second kappa shape index (κ2) is 13.9. The third kappa shape index (κ3) is 6.36. The van der Waals surface area contributed by atoms with Crippen molar-refractivity contribution in [3.63, 3.8) is 0 Å². The summed E-state index contributed by atoms with van der Waals surface area (Å²) in [6.45, 7) is 3.98. The van der Waals surface area contributed by atoms with Gasteiger partial charge in [0.1, 0.15) is 6.61 Å². The molecule has 11 heteroatoms. The number of fused-ring (bicyclic) bond motifs is 1. The van der Waals surface area contributed by atoms with Crippen LogP contribution in [0.25, 0.3) is 6.08 Å². The van der Waals surface area contributed by atoms with Gasteiger partial charge in [-0.05, 0) is 76.5 Å². The molecule has 0 spiro atoms. The smallest absolute Gasteiger partial charge is 0.271 e. The van der Waals surface area contributed by atoms with Gasteiger partial charge in [-0.2, -0.15) is 0 Å². The Kier molecular flexibility index (Phi) is 9.98. The molecule has 1 aromatic heterocycles. The summed E-state index contributed by atoms with van der Waals surface area (Å²) in [5.41, 5.74) is 3.17. The number of rotatable bonds is 11. The van der Waals surface area contributed by atoms with Gasteiger partial charge in [-0.25, -0.2) is 4.99 Å². The van der Waals surface area contributed by atoms with Gasteiger partial charge >= 0.3 is 0 Å². The van der Waals surface area contributed by atoms with Crippen molar-refractivity contribution in [2.75, 3.05) is 28.4 Å². The molecule has 1 unspecified atom stereocenters. The standard InChI is InChI=1S/C34H33IN2O7S/c1-7-24(38)29-19(2)36-34-37(30(29)22-16-26(41-4)32(43-6)27(17-22)42-5)33(39)28(45-34)15-21-13-23(35)31(25(14-21)40-3)44-18-20-11-9-8-10-12-20/h8-17,30H,7,18H2,1-6H3/b28-15-. The molecule has 0 N–H and O–H groups in total. The highest BCUT2D eigenvalue weighted by molar-refractivity contribution is 14.1. The molecule has 0 saturated heterocycles. The number of allylic oxidation sites excluding steroid dienone is 2. The Hall–Kier alpha value is -4.10. The number of thiazole rings is 1. The van der Waals surface area contributed by atoms with Gasteiger partial charge in [-0.15, -0.1) is 0 Å². The maximum Gasteiger partial charge on any atom is 0.271 e. The molecule has 234 valence electrons. The molecule has 0 fully saturated rings. The number of halogens is 1. The number of hydrogen-bond donors (Lipinski definition) is 0. The monoisotopic (exact) mass is 740 g/mol. The van der Waals surface area contributed by atoms with E-state index >= 15 is 0 Å². The number of methoxy groups -OCH3 is 4. The van der Waals surface area contributed by atoms with E-state index in [1.807, 2.05) is 48.5 Å². The van der Waals surface area contributed by atoms with E-state index in [4.69, 9.17) is 28.7 Å². The molecule has 2 heterocycles. The minimum absolute atomic E-state index is 0.102. The molecule has 5 rings (SSSR count). The van der Waals surface area contributed by atoms with Gasteiger partial charge in [0.15, 0.2) is 33.6 Å². The van der Waals surface area contributed by atoms with Gasteiger partial charge in [-0.1, -0.05) is 48.6 Å². The first-order valence-corrected chi connectivity index (χ1v) is 16.0. The first-order valence-electron chi connectivity index (χ1n) is 14.1. The Labute approximate surface area is 278 Å². The lowest BCUT2D eigenvalue weighted by atomic mass is 9.91. The van der Waals surface area contributed by atoms with Gasteiger partial charge < -0.3 is 23.7 Å². The Morgan fingerprint density at radius 3 is 2.20 bits per heavy atom. The average Bonchev–Trinajstić information content (AvgIpc) is 3.35. The predicted molar refractivity (Wildman–Crippen MR) is 182 cm³/mol. The number of benzene rings is 3. The first kappa shape index (κ1) is 32.3. The summed E-state index contributed by atoms with van der Waals surface area (Å²) in [6.07, 6.45) is 2.07. The third-order valence-corrected chi connectivity index (χ3v) is 9.21. The van der Waals surface area contributed by atoms with Crippen LogP contribution in [0.15, 0.2) is 75.7 Å². The van der Waals surface area contributed by atoms with Crippen LogP contribution in [0.1, 0.15) is 43.0 Å². The summed E-state index contributed by atoms with van der Waals surface area (Å²) in [4.78, 5) is 32.7. The minimum atomic E-state index is -0.743. The summed E-state index contributed by atoms with van der Waals surface area (Å²) in [7, 11) is 6.17. The molecular weight excluding hydrogens is 707 g/mol. The van der Waals surface area contributed by atoms with E-state index < -0.39 is 6.04 Å². The Bertz CT molecular complexity index is 1940. The van der Waals surface area contributed by atoms with Crippen molar-refractivity contribution < 1.29 is 28.5 Å². The highest BCUT2D eigenvalue weighted by Crippen LogP contribution is 2.42. The van der Waals surface area contributed by atoms with Crippen LogP contribution in [0.4, 0.5) is 0 Å². The second-order valence-electron chi connectivity index (χ2n) is 10.1. The highest BCUT2D eigenvalue weighted by atomic mass is 127. The molecule has 0 radical (unpaired) electrons. The van der Waals surface area contributed by atoms with E-state index in [9.17, 15) is 9.59 Å². The van der Waals surface area contributed by atoms with Crippen molar-refractivity contribution >= 4 is 45.8 Å². The number of carbonyl (C=O) groups excluding carboxylic acids is 1. The number of carbonyl (C=O) groups is 1. The molecule has 0 bridgehead atoms. The molecule has 0 amide bonds.